The molecule has 0 saturated carbocycles. The predicted molar refractivity (Wildman–Crippen MR) is 126 cm³/mol. The van der Waals surface area contributed by atoms with Gasteiger partial charge in [-0.3, -0.25) is 14.8 Å². The summed E-state index contributed by atoms with van der Waals surface area (Å²) < 4.78 is 11.3. The molecular formula is C26H26N4O3. The molecule has 0 radical (unpaired) electrons. The lowest BCUT2D eigenvalue weighted by atomic mass is 10.0. The normalized spacial score (nSPS) is 16.2. The first-order valence-electron chi connectivity index (χ1n) is 11.1. The quantitative estimate of drug-likeness (QED) is 0.485. The Labute approximate surface area is 192 Å². The standard InChI is InChI=1S/C26H26N4O3/c1-32-20-9-6-18(7-10-20)25-26(28-13-12-27-25)23-17-30(14-15-33-23)24(31)11-8-19-16-29-22-5-3-2-4-21(19)22/h2-7,9-10,12-13,16,23,29H,8,11,14-15,17H2,1H3/t23-/m0/s1. The van der Waals surface area contributed by atoms with Crippen LogP contribution in [-0.4, -0.2) is 52.6 Å². The smallest absolute Gasteiger partial charge is 0.223 e. The van der Waals surface area contributed by atoms with Gasteiger partial charge in [0.25, 0.3) is 0 Å². The Bertz CT molecular complexity index is 1250. The van der Waals surface area contributed by atoms with Crippen LogP contribution in [-0.2, 0) is 16.0 Å². The van der Waals surface area contributed by atoms with Gasteiger partial charge in [0.15, 0.2) is 0 Å². The molecule has 1 atom stereocenters. The first-order chi connectivity index (χ1) is 16.2. The fraction of sp³-hybridized carbons (Fsp3) is 0.269. The number of nitrogens with zero attached hydrogens (tertiary/aromatic N) is 3. The lowest BCUT2D eigenvalue weighted by molar-refractivity contribution is -0.139. The maximum atomic E-state index is 13.0. The number of methoxy groups -OCH3 is 1. The lowest BCUT2D eigenvalue weighted by Crippen LogP contribution is -2.42. The Morgan fingerprint density at radius 3 is 2.82 bits per heavy atom. The van der Waals surface area contributed by atoms with Gasteiger partial charge >= 0.3 is 0 Å². The third-order valence-electron chi connectivity index (χ3n) is 6.10. The average Bonchev–Trinajstić information content (AvgIpc) is 3.30. The van der Waals surface area contributed by atoms with Gasteiger partial charge in [-0.1, -0.05) is 18.2 Å². The molecule has 2 aromatic heterocycles. The molecule has 0 bridgehead atoms. The number of carbonyl (C=O) groups is 1. The molecule has 1 N–H and O–H groups in total. The Morgan fingerprint density at radius 1 is 1.15 bits per heavy atom. The molecule has 33 heavy (non-hydrogen) atoms. The first kappa shape index (κ1) is 21.2. The van der Waals surface area contributed by atoms with E-state index >= 15 is 0 Å². The molecule has 7 heteroatoms. The van der Waals surface area contributed by atoms with Crippen molar-refractivity contribution in [2.45, 2.75) is 18.9 Å². The first-order valence-corrected chi connectivity index (χ1v) is 11.1. The molecule has 1 amide bonds. The van der Waals surface area contributed by atoms with Crippen molar-refractivity contribution in [2.75, 3.05) is 26.8 Å². The maximum Gasteiger partial charge on any atom is 0.223 e. The predicted octanol–water partition coefficient (Wildman–Crippen LogP) is 4.17. The molecule has 1 saturated heterocycles. The largest absolute Gasteiger partial charge is 0.497 e. The Morgan fingerprint density at radius 2 is 1.97 bits per heavy atom. The van der Waals surface area contributed by atoms with Crippen molar-refractivity contribution in [3.63, 3.8) is 0 Å². The second kappa shape index (κ2) is 9.42. The van der Waals surface area contributed by atoms with Crippen LogP contribution in [0.5, 0.6) is 5.75 Å². The van der Waals surface area contributed by atoms with Crippen LogP contribution in [0, 0.1) is 0 Å². The molecule has 7 nitrogen and oxygen atoms in total. The Kier molecular flexibility index (Phi) is 6.04. The SMILES string of the molecule is COc1ccc(-c2nccnc2[C@@H]2CN(C(=O)CCc3c[nH]c4ccccc34)CCO2)cc1. The van der Waals surface area contributed by atoms with Crippen LogP contribution in [0.25, 0.3) is 22.2 Å². The van der Waals surface area contributed by atoms with Crippen LogP contribution < -0.4 is 4.74 Å². The van der Waals surface area contributed by atoms with Crippen molar-refractivity contribution in [3.05, 3.63) is 78.4 Å². The number of ether oxygens (including phenoxy) is 2. The van der Waals surface area contributed by atoms with Gasteiger partial charge in [0.2, 0.25) is 5.91 Å². The number of aryl methyl sites for hydroxylation is 1. The van der Waals surface area contributed by atoms with Gasteiger partial charge in [-0.25, -0.2) is 0 Å². The van der Waals surface area contributed by atoms with E-state index in [9.17, 15) is 4.79 Å². The number of aromatic nitrogens is 3. The summed E-state index contributed by atoms with van der Waals surface area (Å²) in [4.78, 5) is 27.3. The highest BCUT2D eigenvalue weighted by atomic mass is 16.5. The van der Waals surface area contributed by atoms with Crippen LogP contribution in [0.2, 0.25) is 0 Å². The van der Waals surface area contributed by atoms with Crippen molar-refractivity contribution in [2.24, 2.45) is 0 Å². The number of nitrogens with one attached hydrogen (secondary N) is 1. The van der Waals surface area contributed by atoms with Gasteiger partial charge in [-0.2, -0.15) is 0 Å². The summed E-state index contributed by atoms with van der Waals surface area (Å²) in [5, 5.41) is 1.17. The molecule has 4 aromatic rings. The summed E-state index contributed by atoms with van der Waals surface area (Å²) in [5.41, 5.74) is 4.71. The highest BCUT2D eigenvalue weighted by Gasteiger charge is 2.28. The van der Waals surface area contributed by atoms with Gasteiger partial charge in [0, 0.05) is 48.0 Å². The van der Waals surface area contributed by atoms with Gasteiger partial charge < -0.3 is 19.4 Å². The number of hydrogen-bond donors (Lipinski definition) is 1. The number of amides is 1. The zero-order valence-corrected chi connectivity index (χ0v) is 18.5. The zero-order valence-electron chi connectivity index (χ0n) is 18.5. The summed E-state index contributed by atoms with van der Waals surface area (Å²) in [6, 6.07) is 15.9. The van der Waals surface area contributed by atoms with Crippen LogP contribution >= 0.6 is 0 Å². The third kappa shape index (κ3) is 4.45. The fourth-order valence-electron chi connectivity index (χ4n) is 4.34. The lowest BCUT2D eigenvalue weighted by Gasteiger charge is -2.33. The van der Waals surface area contributed by atoms with Crippen LogP contribution in [0.15, 0.2) is 67.1 Å². The second-order valence-electron chi connectivity index (χ2n) is 8.08. The number of hydrogen-bond acceptors (Lipinski definition) is 5. The number of fused-ring (bicyclic) bond motifs is 1. The topological polar surface area (TPSA) is 80.3 Å². The Hall–Kier alpha value is -3.71. The van der Waals surface area contributed by atoms with Crippen molar-refractivity contribution in [1.29, 1.82) is 0 Å². The summed E-state index contributed by atoms with van der Waals surface area (Å²) in [7, 11) is 1.64. The number of morpholine rings is 1. The summed E-state index contributed by atoms with van der Waals surface area (Å²) in [6.45, 7) is 1.53. The van der Waals surface area contributed by atoms with Crippen molar-refractivity contribution < 1.29 is 14.3 Å². The van der Waals surface area contributed by atoms with E-state index in [1.54, 1.807) is 19.5 Å². The summed E-state index contributed by atoms with van der Waals surface area (Å²) >= 11 is 0. The molecule has 0 aliphatic carbocycles. The van der Waals surface area contributed by atoms with Gasteiger partial charge in [-0.05, 0) is 42.3 Å². The molecule has 1 aliphatic heterocycles. The maximum absolute atomic E-state index is 13.0. The zero-order chi connectivity index (χ0) is 22.6. The van der Waals surface area contributed by atoms with E-state index < -0.39 is 0 Å². The minimum Gasteiger partial charge on any atom is -0.497 e. The van der Waals surface area contributed by atoms with Gasteiger partial charge in [0.05, 0.1) is 31.6 Å². The van der Waals surface area contributed by atoms with Crippen LogP contribution in [0.1, 0.15) is 23.8 Å². The van der Waals surface area contributed by atoms with E-state index in [0.717, 1.165) is 28.2 Å². The van der Waals surface area contributed by atoms with Crippen molar-refractivity contribution in [3.8, 4) is 17.0 Å². The number of benzene rings is 2. The van der Waals surface area contributed by atoms with Gasteiger partial charge in [-0.15, -0.1) is 0 Å². The van der Waals surface area contributed by atoms with E-state index in [1.807, 2.05) is 47.5 Å². The van der Waals surface area contributed by atoms with Crippen molar-refractivity contribution in [1.82, 2.24) is 19.9 Å². The second-order valence-corrected chi connectivity index (χ2v) is 8.08. The molecule has 5 rings (SSSR count). The number of carbonyl (C=O) groups excluding carboxylic acids is 1. The van der Waals surface area contributed by atoms with Crippen LogP contribution in [0.4, 0.5) is 0 Å². The number of H-pyrrole nitrogens is 1. The number of para-hydroxylation sites is 1. The van der Waals surface area contributed by atoms with E-state index in [2.05, 4.69) is 27.1 Å². The fourth-order valence-corrected chi connectivity index (χ4v) is 4.34. The molecule has 3 heterocycles. The highest BCUT2D eigenvalue weighted by molar-refractivity contribution is 5.84. The molecule has 0 unspecified atom stereocenters. The third-order valence-corrected chi connectivity index (χ3v) is 6.10. The average molecular weight is 443 g/mol. The van der Waals surface area contributed by atoms with E-state index in [4.69, 9.17) is 9.47 Å². The highest BCUT2D eigenvalue weighted by Crippen LogP contribution is 2.30. The van der Waals surface area contributed by atoms with E-state index in [0.29, 0.717) is 32.5 Å². The van der Waals surface area contributed by atoms with E-state index in [-0.39, 0.29) is 12.0 Å². The summed E-state index contributed by atoms with van der Waals surface area (Å²) in [5.74, 6) is 0.911. The van der Waals surface area contributed by atoms with Crippen molar-refractivity contribution >= 4 is 16.8 Å². The number of aromatic amines is 1. The monoisotopic (exact) mass is 442 g/mol. The molecule has 1 fully saturated rings. The molecule has 2 aromatic carbocycles. The number of rotatable bonds is 6. The Balaban J connectivity index is 1.29. The molecular weight excluding hydrogens is 416 g/mol. The minimum atomic E-state index is -0.318. The summed E-state index contributed by atoms with van der Waals surface area (Å²) in [6.07, 6.45) is 6.19. The van der Waals surface area contributed by atoms with E-state index in [1.165, 1.54) is 10.9 Å². The minimum absolute atomic E-state index is 0.128. The molecule has 0 spiro atoms. The molecule has 168 valence electrons. The molecule has 1 aliphatic rings. The van der Waals surface area contributed by atoms with Crippen LogP contribution in [0.3, 0.4) is 0 Å². The van der Waals surface area contributed by atoms with Gasteiger partial charge in [0.1, 0.15) is 11.9 Å².